The van der Waals surface area contributed by atoms with Crippen LogP contribution < -0.4 is 10.8 Å². The summed E-state index contributed by atoms with van der Waals surface area (Å²) in [7, 11) is 0.967. The van der Waals surface area contributed by atoms with Crippen molar-refractivity contribution in [2.75, 3.05) is 20.1 Å². The summed E-state index contributed by atoms with van der Waals surface area (Å²) < 4.78 is 26.3. The molecule has 2 aliphatic heterocycles. The molecule has 5 nitrogen and oxygen atoms in total. The normalized spacial score (nSPS) is 23.6. The lowest BCUT2D eigenvalue weighted by Crippen LogP contribution is -2.41. The van der Waals surface area contributed by atoms with E-state index in [-0.39, 0.29) is 29.8 Å². The van der Waals surface area contributed by atoms with Crippen LogP contribution in [0, 0.1) is 5.82 Å². The van der Waals surface area contributed by atoms with Gasteiger partial charge in [0.05, 0.1) is 11.2 Å². The van der Waals surface area contributed by atoms with Crippen molar-refractivity contribution >= 4 is 30.9 Å². The van der Waals surface area contributed by atoms with Gasteiger partial charge in [0.15, 0.2) is 0 Å². The second-order valence-corrected chi connectivity index (χ2v) is 7.89. The molecular weight excluding hydrogens is 357 g/mol. The number of carbonyl (C=O) groups excluding carboxylic acids is 1. The van der Waals surface area contributed by atoms with E-state index in [1.165, 1.54) is 12.1 Å². The first kappa shape index (κ1) is 21.2. The molecule has 2 fully saturated rings. The van der Waals surface area contributed by atoms with E-state index in [2.05, 4.69) is 5.32 Å². The van der Waals surface area contributed by atoms with Crippen LogP contribution in [0.15, 0.2) is 18.2 Å². The third-order valence-electron chi connectivity index (χ3n) is 5.65. The molecule has 1 amide bonds. The smallest absolute Gasteiger partial charge is 0.399 e. The Kier molecular flexibility index (Phi) is 6.08. The maximum absolute atomic E-state index is 14.4. The van der Waals surface area contributed by atoms with Crippen LogP contribution in [0.3, 0.4) is 0 Å². The van der Waals surface area contributed by atoms with E-state index < -0.39 is 24.1 Å². The summed E-state index contributed by atoms with van der Waals surface area (Å²) in [6.07, 6.45) is 0.924. The summed E-state index contributed by atoms with van der Waals surface area (Å²) in [5.74, 6) is -0.549. The number of amides is 1. The zero-order valence-corrected chi connectivity index (χ0v) is 16.8. The highest BCUT2D eigenvalue weighted by Gasteiger charge is 2.52. The maximum Gasteiger partial charge on any atom is 0.497 e. The molecule has 0 bridgehead atoms. The zero-order chi connectivity index (χ0) is 18.4. The molecule has 0 aromatic heterocycles. The van der Waals surface area contributed by atoms with Gasteiger partial charge in [0.2, 0.25) is 0 Å². The number of rotatable bonds is 3. The SMILES string of the molecule is CN(C(=O)c1ccc(F)c(B2OC(C)(C)C(C)(C)O2)c1)[C@@H]1CCNC1.Cl. The minimum Gasteiger partial charge on any atom is -0.399 e. The van der Waals surface area contributed by atoms with Crippen LogP contribution in [0.5, 0.6) is 0 Å². The van der Waals surface area contributed by atoms with Crippen LogP contribution in [0.2, 0.25) is 0 Å². The largest absolute Gasteiger partial charge is 0.497 e. The number of halogens is 2. The van der Waals surface area contributed by atoms with Gasteiger partial charge >= 0.3 is 7.12 Å². The molecule has 1 N–H and O–H groups in total. The van der Waals surface area contributed by atoms with E-state index in [1.807, 2.05) is 27.7 Å². The molecule has 1 aromatic rings. The fraction of sp³-hybridized carbons (Fsp3) is 0.611. The lowest BCUT2D eigenvalue weighted by Gasteiger charge is -2.32. The molecule has 0 aliphatic carbocycles. The Balaban J connectivity index is 0.00000243. The summed E-state index contributed by atoms with van der Waals surface area (Å²) in [5, 5.41) is 3.25. The Morgan fingerprint density at radius 3 is 2.42 bits per heavy atom. The second-order valence-electron chi connectivity index (χ2n) is 7.89. The average Bonchev–Trinajstić information content (AvgIpc) is 3.13. The average molecular weight is 385 g/mol. The molecule has 2 heterocycles. The Morgan fingerprint density at radius 2 is 1.88 bits per heavy atom. The third-order valence-corrected chi connectivity index (χ3v) is 5.65. The molecule has 0 spiro atoms. The first-order valence-electron chi connectivity index (χ1n) is 8.75. The molecule has 2 saturated heterocycles. The van der Waals surface area contributed by atoms with E-state index >= 15 is 0 Å². The molecular formula is C18H27BClFN2O3. The minimum atomic E-state index is -0.823. The Bertz CT molecular complexity index is 664. The number of hydrogen-bond acceptors (Lipinski definition) is 4. The van der Waals surface area contributed by atoms with Crippen molar-refractivity contribution in [2.45, 2.75) is 51.4 Å². The Labute approximate surface area is 161 Å². The van der Waals surface area contributed by atoms with Gasteiger partial charge in [0.25, 0.3) is 5.91 Å². The number of nitrogens with one attached hydrogen (secondary N) is 1. The highest BCUT2D eigenvalue weighted by atomic mass is 35.5. The first-order valence-corrected chi connectivity index (χ1v) is 8.75. The molecule has 1 aromatic carbocycles. The Hall–Kier alpha value is -1.15. The van der Waals surface area contributed by atoms with E-state index in [0.29, 0.717) is 5.56 Å². The zero-order valence-electron chi connectivity index (χ0n) is 16.0. The molecule has 3 rings (SSSR count). The van der Waals surface area contributed by atoms with E-state index in [1.54, 1.807) is 18.0 Å². The molecule has 1 atom stereocenters. The second kappa shape index (κ2) is 7.47. The number of likely N-dealkylation sites (N-methyl/N-ethyl adjacent to an activating group) is 1. The van der Waals surface area contributed by atoms with Crippen molar-refractivity contribution in [3.05, 3.63) is 29.6 Å². The van der Waals surface area contributed by atoms with Gasteiger partial charge in [0, 0.05) is 30.7 Å². The predicted octanol–water partition coefficient (Wildman–Crippen LogP) is 1.98. The minimum absolute atomic E-state index is 0. The van der Waals surface area contributed by atoms with Crippen LogP contribution >= 0.6 is 12.4 Å². The van der Waals surface area contributed by atoms with E-state index in [9.17, 15) is 9.18 Å². The van der Waals surface area contributed by atoms with Crippen molar-refractivity contribution < 1.29 is 18.5 Å². The van der Waals surface area contributed by atoms with Gasteiger partial charge in [0.1, 0.15) is 5.82 Å². The topological polar surface area (TPSA) is 50.8 Å². The predicted molar refractivity (Wildman–Crippen MR) is 103 cm³/mol. The summed E-state index contributed by atoms with van der Waals surface area (Å²) in [6.45, 7) is 9.36. The van der Waals surface area contributed by atoms with Gasteiger partial charge in [-0.05, 0) is 58.9 Å². The van der Waals surface area contributed by atoms with Gasteiger partial charge in [-0.1, -0.05) is 0 Å². The molecule has 26 heavy (non-hydrogen) atoms. The van der Waals surface area contributed by atoms with Crippen LogP contribution in [0.25, 0.3) is 0 Å². The van der Waals surface area contributed by atoms with Gasteiger partial charge in [-0.15, -0.1) is 12.4 Å². The maximum atomic E-state index is 14.4. The molecule has 0 saturated carbocycles. The highest BCUT2D eigenvalue weighted by molar-refractivity contribution is 6.62. The fourth-order valence-electron chi connectivity index (χ4n) is 3.17. The number of benzene rings is 1. The molecule has 2 aliphatic rings. The van der Waals surface area contributed by atoms with E-state index in [0.717, 1.165) is 19.5 Å². The monoisotopic (exact) mass is 384 g/mol. The van der Waals surface area contributed by atoms with Gasteiger partial charge in [-0.3, -0.25) is 4.79 Å². The molecule has 8 heteroatoms. The van der Waals surface area contributed by atoms with Gasteiger partial charge < -0.3 is 19.5 Å². The van der Waals surface area contributed by atoms with Gasteiger partial charge in [-0.2, -0.15) is 0 Å². The number of hydrogen-bond donors (Lipinski definition) is 1. The Morgan fingerprint density at radius 1 is 1.27 bits per heavy atom. The van der Waals surface area contributed by atoms with Gasteiger partial charge in [-0.25, -0.2) is 4.39 Å². The summed E-state index contributed by atoms with van der Waals surface area (Å²) in [5.41, 5.74) is -0.407. The van der Waals surface area contributed by atoms with Crippen molar-refractivity contribution in [2.24, 2.45) is 0 Å². The molecule has 0 radical (unpaired) electrons. The van der Waals surface area contributed by atoms with Crippen LogP contribution in [0.1, 0.15) is 44.5 Å². The third kappa shape index (κ3) is 3.76. The number of nitrogens with zero attached hydrogens (tertiary/aromatic N) is 1. The van der Waals surface area contributed by atoms with Crippen molar-refractivity contribution in [1.82, 2.24) is 10.2 Å². The molecule has 144 valence electrons. The number of carbonyl (C=O) groups is 1. The van der Waals surface area contributed by atoms with Crippen molar-refractivity contribution in [1.29, 1.82) is 0 Å². The summed E-state index contributed by atoms with van der Waals surface area (Å²) in [6, 6.07) is 4.55. The van der Waals surface area contributed by atoms with Crippen LogP contribution in [-0.4, -0.2) is 55.3 Å². The summed E-state index contributed by atoms with van der Waals surface area (Å²) >= 11 is 0. The highest BCUT2D eigenvalue weighted by Crippen LogP contribution is 2.36. The lowest BCUT2D eigenvalue weighted by atomic mass is 9.78. The van der Waals surface area contributed by atoms with Crippen LogP contribution in [-0.2, 0) is 9.31 Å². The quantitative estimate of drug-likeness (QED) is 0.810. The van der Waals surface area contributed by atoms with Crippen molar-refractivity contribution in [3.63, 3.8) is 0 Å². The summed E-state index contributed by atoms with van der Waals surface area (Å²) in [4.78, 5) is 14.5. The first-order chi connectivity index (χ1) is 11.6. The standard InChI is InChI=1S/C18H26BFN2O3.ClH/c1-17(2)18(3,4)25-19(24-17)14-10-12(6-7-15(14)20)16(23)22(5)13-8-9-21-11-13;/h6-7,10,13,21H,8-9,11H2,1-5H3;1H/t13-;/m1./s1. The van der Waals surface area contributed by atoms with E-state index in [4.69, 9.17) is 9.31 Å². The van der Waals surface area contributed by atoms with Crippen LogP contribution in [0.4, 0.5) is 4.39 Å². The lowest BCUT2D eigenvalue weighted by molar-refractivity contribution is 0.00578. The molecule has 0 unspecified atom stereocenters. The van der Waals surface area contributed by atoms with Crippen molar-refractivity contribution in [3.8, 4) is 0 Å². The fourth-order valence-corrected chi connectivity index (χ4v) is 3.17.